The zero-order valence-corrected chi connectivity index (χ0v) is 22.2. The second-order valence-electron chi connectivity index (χ2n) is 8.20. The largest absolute Gasteiger partial charge is 0.354 e. The fraction of sp³-hybridized carbons (Fsp3) is 0.417. The van der Waals surface area contributed by atoms with Crippen LogP contribution in [0.5, 0.6) is 0 Å². The number of amides is 2. The quantitative estimate of drug-likeness (QED) is 0.438. The normalized spacial score (nSPS) is 12.2. The Kier molecular flexibility index (Phi) is 10.2. The predicted octanol–water partition coefficient (Wildman–Crippen LogP) is 4.40. The van der Waals surface area contributed by atoms with Gasteiger partial charge in [0.1, 0.15) is 12.6 Å². The third-order valence-corrected chi connectivity index (χ3v) is 6.95. The molecule has 186 valence electrons. The SMILES string of the molecule is CCCCNC(=O)[C@@H](C)N(Cc1cccc(C)c1)C(=O)CN(c1ccc(Cl)cc1Cl)S(C)(=O)=O. The van der Waals surface area contributed by atoms with Crippen LogP contribution in [-0.4, -0.2) is 50.5 Å². The van der Waals surface area contributed by atoms with Crippen molar-refractivity contribution in [2.24, 2.45) is 0 Å². The first-order chi connectivity index (χ1) is 15.9. The molecule has 0 saturated carbocycles. The second kappa shape index (κ2) is 12.4. The van der Waals surface area contributed by atoms with Gasteiger partial charge in [-0.25, -0.2) is 8.42 Å². The van der Waals surface area contributed by atoms with Crippen LogP contribution < -0.4 is 9.62 Å². The molecule has 1 N–H and O–H groups in total. The van der Waals surface area contributed by atoms with E-state index in [0.717, 1.165) is 34.5 Å². The number of rotatable bonds is 11. The van der Waals surface area contributed by atoms with E-state index in [4.69, 9.17) is 23.2 Å². The van der Waals surface area contributed by atoms with Gasteiger partial charge in [-0.15, -0.1) is 0 Å². The third-order valence-electron chi connectivity index (χ3n) is 5.29. The van der Waals surface area contributed by atoms with E-state index in [1.54, 1.807) is 6.92 Å². The molecule has 2 amide bonds. The summed E-state index contributed by atoms with van der Waals surface area (Å²) in [5.41, 5.74) is 1.98. The van der Waals surface area contributed by atoms with Gasteiger partial charge in [0.05, 0.1) is 17.0 Å². The van der Waals surface area contributed by atoms with Gasteiger partial charge in [-0.05, 0) is 44.0 Å². The molecule has 0 heterocycles. The van der Waals surface area contributed by atoms with Crippen molar-refractivity contribution in [3.05, 3.63) is 63.6 Å². The molecule has 7 nitrogen and oxygen atoms in total. The Hall–Kier alpha value is -2.29. The first kappa shape index (κ1) is 28.0. The van der Waals surface area contributed by atoms with Gasteiger partial charge in [-0.3, -0.25) is 13.9 Å². The molecule has 0 bridgehead atoms. The Bertz CT molecular complexity index is 1120. The lowest BCUT2D eigenvalue weighted by Gasteiger charge is -2.31. The van der Waals surface area contributed by atoms with E-state index in [-0.39, 0.29) is 23.2 Å². The molecular formula is C24H31Cl2N3O4S. The number of carbonyl (C=O) groups excluding carboxylic acids is 2. The molecule has 34 heavy (non-hydrogen) atoms. The molecule has 1 atom stereocenters. The molecule has 0 aliphatic rings. The summed E-state index contributed by atoms with van der Waals surface area (Å²) < 4.78 is 26.1. The summed E-state index contributed by atoms with van der Waals surface area (Å²) in [7, 11) is -3.87. The lowest BCUT2D eigenvalue weighted by molar-refractivity contribution is -0.139. The number of anilines is 1. The first-order valence-corrected chi connectivity index (χ1v) is 13.6. The summed E-state index contributed by atoms with van der Waals surface area (Å²) in [4.78, 5) is 27.7. The van der Waals surface area contributed by atoms with E-state index in [9.17, 15) is 18.0 Å². The van der Waals surface area contributed by atoms with E-state index in [0.29, 0.717) is 11.6 Å². The smallest absolute Gasteiger partial charge is 0.244 e. The van der Waals surface area contributed by atoms with Gasteiger partial charge in [0.2, 0.25) is 21.8 Å². The minimum atomic E-state index is -3.87. The molecule has 2 rings (SSSR count). The lowest BCUT2D eigenvalue weighted by atomic mass is 10.1. The fourth-order valence-electron chi connectivity index (χ4n) is 3.40. The van der Waals surface area contributed by atoms with Crippen molar-refractivity contribution in [2.75, 3.05) is 23.7 Å². The van der Waals surface area contributed by atoms with Crippen LogP contribution in [0.2, 0.25) is 10.0 Å². The number of sulfonamides is 1. The van der Waals surface area contributed by atoms with Gasteiger partial charge >= 0.3 is 0 Å². The standard InChI is InChI=1S/C24H31Cl2N3O4S/c1-5-6-12-27-24(31)18(3)28(15-19-9-7-8-17(2)13-19)23(30)16-29(34(4,32)33)22-11-10-20(25)14-21(22)26/h7-11,13-14,18H,5-6,12,15-16H2,1-4H3,(H,27,31)/t18-/m1/s1. The Balaban J connectivity index is 2.38. The fourth-order valence-corrected chi connectivity index (χ4v) is 4.83. The summed E-state index contributed by atoms with van der Waals surface area (Å²) >= 11 is 12.2. The summed E-state index contributed by atoms with van der Waals surface area (Å²) in [6.45, 7) is 5.72. The number of halogens is 2. The van der Waals surface area contributed by atoms with Crippen LogP contribution in [0.1, 0.15) is 37.8 Å². The Morgan fingerprint density at radius 2 is 1.82 bits per heavy atom. The molecule has 0 fully saturated rings. The van der Waals surface area contributed by atoms with Crippen molar-refractivity contribution in [1.29, 1.82) is 0 Å². The number of benzene rings is 2. The van der Waals surface area contributed by atoms with Crippen molar-refractivity contribution in [1.82, 2.24) is 10.2 Å². The number of hydrogen-bond acceptors (Lipinski definition) is 4. The van der Waals surface area contributed by atoms with Gasteiger partial charge in [-0.1, -0.05) is 66.4 Å². The highest BCUT2D eigenvalue weighted by molar-refractivity contribution is 7.92. The molecule has 0 aliphatic carbocycles. The number of carbonyl (C=O) groups is 2. The van der Waals surface area contributed by atoms with Crippen molar-refractivity contribution < 1.29 is 18.0 Å². The van der Waals surface area contributed by atoms with E-state index in [2.05, 4.69) is 5.32 Å². The maximum absolute atomic E-state index is 13.5. The highest BCUT2D eigenvalue weighted by Crippen LogP contribution is 2.30. The monoisotopic (exact) mass is 527 g/mol. The molecule has 0 unspecified atom stereocenters. The third kappa shape index (κ3) is 7.89. The first-order valence-electron chi connectivity index (χ1n) is 11.0. The van der Waals surface area contributed by atoms with Gasteiger partial charge in [-0.2, -0.15) is 0 Å². The van der Waals surface area contributed by atoms with E-state index in [1.807, 2.05) is 38.1 Å². The lowest BCUT2D eigenvalue weighted by Crippen LogP contribution is -2.51. The van der Waals surface area contributed by atoms with Gasteiger partial charge < -0.3 is 10.2 Å². The van der Waals surface area contributed by atoms with Crippen LogP contribution >= 0.6 is 23.2 Å². The van der Waals surface area contributed by atoms with E-state index >= 15 is 0 Å². The average molecular weight is 529 g/mol. The topological polar surface area (TPSA) is 86.8 Å². The zero-order chi connectivity index (χ0) is 25.5. The zero-order valence-electron chi connectivity index (χ0n) is 19.8. The van der Waals surface area contributed by atoms with Crippen molar-refractivity contribution in [3.63, 3.8) is 0 Å². The molecule has 0 aromatic heterocycles. The highest BCUT2D eigenvalue weighted by atomic mass is 35.5. The van der Waals surface area contributed by atoms with Crippen LogP contribution in [0, 0.1) is 6.92 Å². The number of hydrogen-bond donors (Lipinski definition) is 1. The summed E-state index contributed by atoms with van der Waals surface area (Å²) in [5, 5.41) is 3.28. The maximum atomic E-state index is 13.5. The second-order valence-corrected chi connectivity index (χ2v) is 10.9. The highest BCUT2D eigenvalue weighted by Gasteiger charge is 2.30. The van der Waals surface area contributed by atoms with Crippen molar-refractivity contribution in [2.45, 2.75) is 46.2 Å². The minimum Gasteiger partial charge on any atom is -0.354 e. The Morgan fingerprint density at radius 3 is 2.41 bits per heavy atom. The predicted molar refractivity (Wildman–Crippen MR) is 138 cm³/mol. The maximum Gasteiger partial charge on any atom is 0.244 e. The number of nitrogens with zero attached hydrogens (tertiary/aromatic N) is 2. The average Bonchev–Trinajstić information content (AvgIpc) is 2.75. The summed E-state index contributed by atoms with van der Waals surface area (Å²) in [6.07, 6.45) is 2.74. The number of aryl methyl sites for hydroxylation is 1. The van der Waals surface area contributed by atoms with Crippen LogP contribution in [0.3, 0.4) is 0 Å². The molecule has 2 aromatic rings. The van der Waals surface area contributed by atoms with Crippen LogP contribution in [0.15, 0.2) is 42.5 Å². The summed E-state index contributed by atoms with van der Waals surface area (Å²) in [6, 6.07) is 11.1. The molecule has 2 aromatic carbocycles. The van der Waals surface area contributed by atoms with Crippen LogP contribution in [0.4, 0.5) is 5.69 Å². The molecule has 0 radical (unpaired) electrons. The Morgan fingerprint density at radius 1 is 1.12 bits per heavy atom. The van der Waals surface area contributed by atoms with E-state index < -0.39 is 28.5 Å². The van der Waals surface area contributed by atoms with Crippen LogP contribution in [-0.2, 0) is 26.2 Å². The van der Waals surface area contributed by atoms with E-state index in [1.165, 1.54) is 23.1 Å². The van der Waals surface area contributed by atoms with Crippen molar-refractivity contribution >= 4 is 50.7 Å². The summed E-state index contributed by atoms with van der Waals surface area (Å²) in [5.74, 6) is -0.832. The molecule has 0 spiro atoms. The van der Waals surface area contributed by atoms with Gasteiger partial charge in [0, 0.05) is 18.1 Å². The number of nitrogens with one attached hydrogen (secondary N) is 1. The molecular weight excluding hydrogens is 497 g/mol. The molecule has 10 heteroatoms. The molecule has 0 aliphatic heterocycles. The Labute approximate surface area is 212 Å². The van der Waals surface area contributed by atoms with Crippen molar-refractivity contribution in [3.8, 4) is 0 Å². The van der Waals surface area contributed by atoms with Gasteiger partial charge in [0.15, 0.2) is 0 Å². The van der Waals surface area contributed by atoms with Crippen LogP contribution in [0.25, 0.3) is 0 Å². The number of unbranched alkanes of at least 4 members (excludes halogenated alkanes) is 1. The van der Waals surface area contributed by atoms with Gasteiger partial charge in [0.25, 0.3) is 0 Å². The molecule has 0 saturated heterocycles. The minimum absolute atomic E-state index is 0.0984.